The quantitative estimate of drug-likeness (QED) is 0.766. The van der Waals surface area contributed by atoms with Gasteiger partial charge < -0.3 is 29.2 Å². The molecule has 4 atom stereocenters. The maximum absolute atomic E-state index is 9.61. The van der Waals surface area contributed by atoms with E-state index in [4.69, 9.17) is 18.9 Å². The molecule has 2 aromatic rings. The van der Waals surface area contributed by atoms with Gasteiger partial charge in [0.25, 0.3) is 0 Å². The molecule has 0 spiro atoms. The van der Waals surface area contributed by atoms with Crippen molar-refractivity contribution in [1.29, 1.82) is 0 Å². The zero-order valence-corrected chi connectivity index (χ0v) is 14.1. The van der Waals surface area contributed by atoms with Gasteiger partial charge in [-0.05, 0) is 13.8 Å². The summed E-state index contributed by atoms with van der Waals surface area (Å²) in [7, 11) is 1.47. The summed E-state index contributed by atoms with van der Waals surface area (Å²) in [6, 6.07) is 0. The number of hydrogen-bond donors (Lipinski definition) is 2. The van der Waals surface area contributed by atoms with E-state index in [2.05, 4.69) is 15.0 Å². The van der Waals surface area contributed by atoms with Crippen LogP contribution in [0.4, 0.5) is 0 Å². The Labute approximate surface area is 143 Å². The molecule has 2 aliphatic heterocycles. The molecule has 0 unspecified atom stereocenters. The average molecular weight is 352 g/mol. The van der Waals surface area contributed by atoms with Crippen molar-refractivity contribution in [3.8, 4) is 5.88 Å². The van der Waals surface area contributed by atoms with E-state index in [1.54, 1.807) is 10.9 Å². The first kappa shape index (κ1) is 16.6. The van der Waals surface area contributed by atoms with Crippen molar-refractivity contribution in [3.05, 3.63) is 12.2 Å². The molecule has 0 saturated carbocycles. The van der Waals surface area contributed by atoms with Gasteiger partial charge in [0.1, 0.15) is 24.9 Å². The van der Waals surface area contributed by atoms with Crippen LogP contribution in [0.1, 0.15) is 25.9 Å². The van der Waals surface area contributed by atoms with Crippen molar-refractivity contribution >= 4 is 11.2 Å². The molecule has 0 radical (unpaired) electrons. The number of methoxy groups -OCH3 is 1. The standard InChI is InChI=1S/C15H20N4O6/c1-15(2)24-10-7(4-20)23-14(11(10)25-15)19-6-16-9-12(19)17-8(5-21)18-13(9)22-3/h6-7,10-11,14,20-21H,4-5H2,1-3H3/t7-,10-,11-,14-/m1/s1. The second kappa shape index (κ2) is 5.85. The van der Waals surface area contributed by atoms with Gasteiger partial charge in [0, 0.05) is 0 Å². The number of aliphatic hydroxyl groups excluding tert-OH is 2. The third-order valence-electron chi connectivity index (χ3n) is 4.35. The van der Waals surface area contributed by atoms with Crippen LogP contribution in [0.2, 0.25) is 0 Å². The summed E-state index contributed by atoms with van der Waals surface area (Å²) in [5.41, 5.74) is 0.900. The molecule has 10 heteroatoms. The predicted octanol–water partition coefficient (Wildman–Crippen LogP) is -0.263. The summed E-state index contributed by atoms with van der Waals surface area (Å²) in [5, 5.41) is 19.0. The Hall–Kier alpha value is -1.85. The molecule has 2 saturated heterocycles. The summed E-state index contributed by atoms with van der Waals surface area (Å²) in [6.07, 6.45) is -0.374. The maximum atomic E-state index is 9.61. The van der Waals surface area contributed by atoms with Crippen LogP contribution in [0, 0.1) is 0 Å². The van der Waals surface area contributed by atoms with Crippen LogP contribution >= 0.6 is 0 Å². The summed E-state index contributed by atoms with van der Waals surface area (Å²) in [6.45, 7) is 3.11. The molecule has 25 heavy (non-hydrogen) atoms. The number of nitrogens with zero attached hydrogens (tertiary/aromatic N) is 4. The first-order valence-corrected chi connectivity index (χ1v) is 7.97. The molecule has 10 nitrogen and oxygen atoms in total. The van der Waals surface area contributed by atoms with Gasteiger partial charge in [-0.3, -0.25) is 4.57 Å². The Bertz CT molecular complexity index is 794. The van der Waals surface area contributed by atoms with Gasteiger partial charge in [0.05, 0.1) is 20.0 Å². The van der Waals surface area contributed by atoms with E-state index in [-0.39, 0.29) is 24.9 Å². The fourth-order valence-corrected chi connectivity index (χ4v) is 3.36. The van der Waals surface area contributed by atoms with E-state index < -0.39 is 30.3 Å². The van der Waals surface area contributed by atoms with Gasteiger partial charge in [-0.1, -0.05) is 0 Å². The number of aromatic nitrogens is 4. The lowest BCUT2D eigenvalue weighted by atomic mass is 10.1. The van der Waals surface area contributed by atoms with E-state index in [0.29, 0.717) is 11.2 Å². The van der Waals surface area contributed by atoms with Crippen LogP contribution in [0.3, 0.4) is 0 Å². The summed E-state index contributed by atoms with van der Waals surface area (Å²) in [4.78, 5) is 12.7. The highest BCUT2D eigenvalue weighted by atomic mass is 16.8. The lowest BCUT2D eigenvalue weighted by Crippen LogP contribution is -2.31. The van der Waals surface area contributed by atoms with Gasteiger partial charge in [-0.2, -0.15) is 4.98 Å². The molecule has 2 fully saturated rings. The van der Waals surface area contributed by atoms with Crippen molar-refractivity contribution in [2.45, 2.75) is 50.8 Å². The van der Waals surface area contributed by atoms with Crippen molar-refractivity contribution in [3.63, 3.8) is 0 Å². The van der Waals surface area contributed by atoms with E-state index in [1.807, 2.05) is 13.8 Å². The predicted molar refractivity (Wildman–Crippen MR) is 82.6 cm³/mol. The van der Waals surface area contributed by atoms with E-state index in [0.717, 1.165) is 0 Å². The van der Waals surface area contributed by atoms with Crippen LogP contribution in [0.25, 0.3) is 11.2 Å². The average Bonchev–Trinajstić information content (AvgIpc) is 3.24. The zero-order valence-electron chi connectivity index (χ0n) is 14.1. The molecule has 2 aliphatic rings. The molecule has 2 aromatic heterocycles. The molecule has 4 heterocycles. The number of hydrogen-bond acceptors (Lipinski definition) is 9. The Morgan fingerprint density at radius 2 is 2.00 bits per heavy atom. The molecule has 0 bridgehead atoms. The highest BCUT2D eigenvalue weighted by molar-refractivity contribution is 5.76. The lowest BCUT2D eigenvalue weighted by Gasteiger charge is -2.24. The Morgan fingerprint density at radius 3 is 2.68 bits per heavy atom. The zero-order chi connectivity index (χ0) is 17.8. The van der Waals surface area contributed by atoms with Crippen LogP contribution in [-0.2, 0) is 20.8 Å². The van der Waals surface area contributed by atoms with E-state index in [1.165, 1.54) is 7.11 Å². The molecule has 2 N–H and O–H groups in total. The van der Waals surface area contributed by atoms with Gasteiger partial charge in [-0.25, -0.2) is 9.97 Å². The van der Waals surface area contributed by atoms with Gasteiger partial charge in [-0.15, -0.1) is 0 Å². The summed E-state index contributed by atoms with van der Waals surface area (Å²) < 4.78 is 24.7. The molecule has 4 rings (SSSR count). The van der Waals surface area contributed by atoms with Gasteiger partial charge >= 0.3 is 0 Å². The third kappa shape index (κ3) is 2.57. The van der Waals surface area contributed by atoms with Gasteiger partial charge in [0.2, 0.25) is 5.88 Å². The smallest absolute Gasteiger partial charge is 0.245 e. The SMILES string of the molecule is COc1nc(CO)nc2c1ncn2[C@@H]1O[C@H](CO)[C@H]2OC(C)(C)O[C@H]21. The highest BCUT2D eigenvalue weighted by Gasteiger charge is 2.56. The fraction of sp³-hybridized carbons (Fsp3) is 0.667. The van der Waals surface area contributed by atoms with Crippen molar-refractivity contribution in [2.24, 2.45) is 0 Å². The Balaban J connectivity index is 1.79. The highest BCUT2D eigenvalue weighted by Crippen LogP contribution is 2.43. The Morgan fingerprint density at radius 1 is 1.24 bits per heavy atom. The third-order valence-corrected chi connectivity index (χ3v) is 4.35. The summed E-state index contributed by atoms with van der Waals surface area (Å²) >= 11 is 0. The first-order valence-electron chi connectivity index (χ1n) is 7.97. The number of fused-ring (bicyclic) bond motifs is 2. The largest absolute Gasteiger partial charge is 0.479 e. The minimum absolute atomic E-state index is 0.191. The molecule has 0 aromatic carbocycles. The molecular formula is C15H20N4O6. The number of rotatable bonds is 4. The minimum Gasteiger partial charge on any atom is -0.479 e. The fourth-order valence-electron chi connectivity index (χ4n) is 3.36. The maximum Gasteiger partial charge on any atom is 0.245 e. The topological polar surface area (TPSA) is 121 Å². The number of aliphatic hydroxyl groups is 2. The van der Waals surface area contributed by atoms with Gasteiger partial charge in [0.15, 0.2) is 29.0 Å². The monoisotopic (exact) mass is 352 g/mol. The van der Waals surface area contributed by atoms with Crippen LogP contribution in [-0.4, -0.2) is 67.5 Å². The number of imidazole rings is 1. The molecule has 0 amide bonds. The number of ether oxygens (including phenoxy) is 4. The second-order valence-corrected chi connectivity index (χ2v) is 6.44. The minimum atomic E-state index is -0.774. The van der Waals surface area contributed by atoms with Crippen LogP contribution in [0.5, 0.6) is 5.88 Å². The first-order chi connectivity index (χ1) is 12.0. The lowest BCUT2D eigenvalue weighted by molar-refractivity contribution is -0.199. The second-order valence-electron chi connectivity index (χ2n) is 6.44. The molecule has 0 aliphatic carbocycles. The summed E-state index contributed by atoms with van der Waals surface area (Å²) in [5.74, 6) is -0.294. The van der Waals surface area contributed by atoms with Crippen molar-refractivity contribution < 1.29 is 29.2 Å². The van der Waals surface area contributed by atoms with Crippen molar-refractivity contribution in [2.75, 3.05) is 13.7 Å². The van der Waals surface area contributed by atoms with Crippen LogP contribution in [0.15, 0.2) is 6.33 Å². The van der Waals surface area contributed by atoms with E-state index in [9.17, 15) is 10.2 Å². The molecule has 136 valence electrons. The van der Waals surface area contributed by atoms with E-state index >= 15 is 0 Å². The van der Waals surface area contributed by atoms with Crippen molar-refractivity contribution in [1.82, 2.24) is 19.5 Å². The molecular weight excluding hydrogens is 332 g/mol. The Kier molecular flexibility index (Phi) is 3.89. The van der Waals surface area contributed by atoms with Crippen LogP contribution < -0.4 is 4.74 Å². The normalized spacial score (nSPS) is 30.8.